The molecule has 0 saturated carbocycles. The molecule has 0 aliphatic heterocycles. The molecule has 0 saturated heterocycles. The summed E-state index contributed by atoms with van der Waals surface area (Å²) in [4.78, 5) is 0. The van der Waals surface area contributed by atoms with Crippen LogP contribution in [0.5, 0.6) is 0 Å². The summed E-state index contributed by atoms with van der Waals surface area (Å²) in [6, 6.07) is 97.8. The molecule has 2 heterocycles. The quantitative estimate of drug-likeness (QED) is 0.151. The normalized spacial score (nSPS) is 11.7. The van der Waals surface area contributed by atoms with Gasteiger partial charge in [-0.25, -0.2) is 0 Å². The van der Waals surface area contributed by atoms with E-state index in [1.807, 2.05) is 0 Å². The predicted molar refractivity (Wildman–Crippen MR) is 297 cm³/mol. The Hall–Kier alpha value is -9.24. The van der Waals surface area contributed by atoms with Crippen LogP contribution in [0.4, 0.5) is 0 Å². The number of para-hydroxylation sites is 4. The maximum atomic E-state index is 2.39. The summed E-state index contributed by atoms with van der Waals surface area (Å²) in [5, 5.41) is 10.0. The van der Waals surface area contributed by atoms with Gasteiger partial charge in [0.05, 0.1) is 22.1 Å². The summed E-state index contributed by atoms with van der Waals surface area (Å²) in [7, 11) is 0. The second kappa shape index (κ2) is 16.2. The van der Waals surface area contributed by atoms with E-state index in [9.17, 15) is 0 Å². The molecular formula is C68H44N2. The lowest BCUT2D eigenvalue weighted by molar-refractivity contribution is 1.18. The van der Waals surface area contributed by atoms with Crippen molar-refractivity contribution in [2.45, 2.75) is 0 Å². The number of hydrogen-bond acceptors (Lipinski definition) is 0. The Balaban J connectivity index is 0.781. The van der Waals surface area contributed by atoms with Crippen molar-refractivity contribution >= 4 is 65.2 Å². The van der Waals surface area contributed by atoms with E-state index in [-0.39, 0.29) is 0 Å². The molecule has 0 amide bonds. The van der Waals surface area contributed by atoms with Gasteiger partial charge in [-0.3, -0.25) is 0 Å². The van der Waals surface area contributed by atoms with Crippen LogP contribution in [0.1, 0.15) is 0 Å². The Morgan fingerprint density at radius 3 is 0.943 bits per heavy atom. The van der Waals surface area contributed by atoms with Crippen LogP contribution in [0.25, 0.3) is 132 Å². The third-order valence-electron chi connectivity index (χ3n) is 14.6. The molecule has 0 unspecified atom stereocenters. The standard InChI is InChI=1S/C68H44N2/c1-3-15-51(16-4-1)69-65-25-13-11-23-61(65)63-43-49(35-41-67(63)69)47-29-27-45(28-30-47)46-31-33-48(34-32-46)53-37-39-59(57-21-9-7-19-55(53)57)60-40-38-54(56-20-8-10-22-58(56)60)50-36-42-68-64(44-50)62-24-12-14-26-66(62)70(68)52-17-5-2-6-18-52/h1-44H. The molecule has 0 aliphatic carbocycles. The molecule has 0 spiro atoms. The highest BCUT2D eigenvalue weighted by Gasteiger charge is 2.18. The number of nitrogens with zero attached hydrogens (tertiary/aromatic N) is 2. The molecule has 2 aromatic heterocycles. The SMILES string of the molecule is c1ccc(-n2c3ccccc3c3cc(-c4ccc(-c5ccc(-c6ccc(-c7ccc(-c8ccc9c(c8)c8ccccc8n9-c8ccccc8)c8ccccc78)c7ccccc67)cc5)cc4)ccc32)cc1. The second-order valence-electron chi connectivity index (χ2n) is 18.4. The van der Waals surface area contributed by atoms with Gasteiger partial charge < -0.3 is 9.13 Å². The highest BCUT2D eigenvalue weighted by Crippen LogP contribution is 2.43. The van der Waals surface area contributed by atoms with Crippen molar-refractivity contribution in [1.82, 2.24) is 9.13 Å². The minimum atomic E-state index is 1.17. The first-order valence-electron chi connectivity index (χ1n) is 24.2. The summed E-state index contributed by atoms with van der Waals surface area (Å²) in [6.45, 7) is 0. The van der Waals surface area contributed by atoms with Crippen molar-refractivity contribution in [3.63, 3.8) is 0 Å². The van der Waals surface area contributed by atoms with Crippen LogP contribution in [0.3, 0.4) is 0 Å². The van der Waals surface area contributed by atoms with Gasteiger partial charge >= 0.3 is 0 Å². The highest BCUT2D eigenvalue weighted by atomic mass is 15.0. The zero-order chi connectivity index (χ0) is 46.1. The van der Waals surface area contributed by atoms with E-state index >= 15 is 0 Å². The minimum absolute atomic E-state index is 1.17. The number of fused-ring (bicyclic) bond motifs is 8. The summed E-state index contributed by atoms with van der Waals surface area (Å²) in [5.74, 6) is 0. The van der Waals surface area contributed by atoms with E-state index in [4.69, 9.17) is 0 Å². The largest absolute Gasteiger partial charge is 0.309 e. The van der Waals surface area contributed by atoms with Crippen LogP contribution in [0.15, 0.2) is 267 Å². The lowest BCUT2D eigenvalue weighted by Gasteiger charge is -2.16. The Kier molecular flexibility index (Phi) is 9.25. The van der Waals surface area contributed by atoms with Gasteiger partial charge in [-0.2, -0.15) is 0 Å². The average Bonchev–Trinajstić information content (AvgIpc) is 3.95. The van der Waals surface area contributed by atoms with E-state index in [1.54, 1.807) is 0 Å². The van der Waals surface area contributed by atoms with Crippen LogP contribution < -0.4 is 0 Å². The maximum absolute atomic E-state index is 2.39. The highest BCUT2D eigenvalue weighted by molar-refractivity contribution is 6.15. The molecule has 0 aliphatic rings. The van der Waals surface area contributed by atoms with Gasteiger partial charge in [-0.05, 0) is 138 Å². The predicted octanol–water partition coefficient (Wildman–Crippen LogP) is 18.5. The van der Waals surface area contributed by atoms with E-state index < -0.39 is 0 Å². The first kappa shape index (κ1) is 39.9. The molecule has 14 aromatic rings. The van der Waals surface area contributed by atoms with Crippen molar-refractivity contribution in [3.8, 4) is 67.0 Å². The second-order valence-corrected chi connectivity index (χ2v) is 18.4. The molecule has 70 heavy (non-hydrogen) atoms. The van der Waals surface area contributed by atoms with E-state index in [1.165, 1.54) is 132 Å². The van der Waals surface area contributed by atoms with Crippen molar-refractivity contribution in [3.05, 3.63) is 267 Å². The van der Waals surface area contributed by atoms with Crippen molar-refractivity contribution < 1.29 is 0 Å². The molecule has 2 heteroatoms. The van der Waals surface area contributed by atoms with Gasteiger partial charge in [0.1, 0.15) is 0 Å². The molecule has 0 fully saturated rings. The minimum Gasteiger partial charge on any atom is -0.309 e. The van der Waals surface area contributed by atoms with Crippen molar-refractivity contribution in [2.24, 2.45) is 0 Å². The molecular weight excluding hydrogens is 845 g/mol. The first-order chi connectivity index (χ1) is 34.7. The van der Waals surface area contributed by atoms with E-state index in [0.717, 1.165) is 0 Å². The zero-order valence-corrected chi connectivity index (χ0v) is 38.3. The fraction of sp³-hybridized carbons (Fsp3) is 0. The molecule has 0 bridgehead atoms. The number of benzene rings is 12. The summed E-state index contributed by atoms with van der Waals surface area (Å²) in [6.07, 6.45) is 0. The summed E-state index contributed by atoms with van der Waals surface area (Å²) in [5.41, 5.74) is 19.4. The van der Waals surface area contributed by atoms with Crippen LogP contribution in [-0.2, 0) is 0 Å². The summed E-state index contributed by atoms with van der Waals surface area (Å²) < 4.78 is 4.75. The fourth-order valence-corrected chi connectivity index (χ4v) is 11.3. The Bertz CT molecular complexity index is 4310. The summed E-state index contributed by atoms with van der Waals surface area (Å²) >= 11 is 0. The van der Waals surface area contributed by atoms with Crippen molar-refractivity contribution in [2.75, 3.05) is 0 Å². The van der Waals surface area contributed by atoms with Crippen LogP contribution >= 0.6 is 0 Å². The Labute approximate surface area is 406 Å². The molecule has 0 atom stereocenters. The van der Waals surface area contributed by atoms with E-state index in [2.05, 4.69) is 276 Å². The molecule has 0 radical (unpaired) electrons. The van der Waals surface area contributed by atoms with Crippen LogP contribution in [0.2, 0.25) is 0 Å². The van der Waals surface area contributed by atoms with Crippen LogP contribution in [0, 0.1) is 0 Å². The van der Waals surface area contributed by atoms with Crippen LogP contribution in [-0.4, -0.2) is 9.13 Å². The fourth-order valence-electron chi connectivity index (χ4n) is 11.3. The Morgan fingerprint density at radius 2 is 0.471 bits per heavy atom. The first-order valence-corrected chi connectivity index (χ1v) is 24.2. The number of aromatic nitrogens is 2. The topological polar surface area (TPSA) is 9.86 Å². The lowest BCUT2D eigenvalue weighted by Crippen LogP contribution is -1.93. The zero-order valence-electron chi connectivity index (χ0n) is 38.3. The smallest absolute Gasteiger partial charge is 0.0541 e. The molecule has 2 nitrogen and oxygen atoms in total. The Morgan fingerprint density at radius 1 is 0.171 bits per heavy atom. The maximum Gasteiger partial charge on any atom is 0.0541 e. The van der Waals surface area contributed by atoms with Gasteiger partial charge in [-0.1, -0.05) is 206 Å². The number of hydrogen-bond donors (Lipinski definition) is 0. The third-order valence-corrected chi connectivity index (χ3v) is 14.6. The average molecular weight is 889 g/mol. The molecule has 326 valence electrons. The van der Waals surface area contributed by atoms with Gasteiger partial charge in [0, 0.05) is 32.9 Å². The van der Waals surface area contributed by atoms with Gasteiger partial charge in [-0.15, -0.1) is 0 Å². The van der Waals surface area contributed by atoms with Crippen molar-refractivity contribution in [1.29, 1.82) is 0 Å². The van der Waals surface area contributed by atoms with Gasteiger partial charge in [0.2, 0.25) is 0 Å². The molecule has 14 rings (SSSR count). The molecule has 0 N–H and O–H groups in total. The monoisotopic (exact) mass is 888 g/mol. The third kappa shape index (κ3) is 6.42. The lowest BCUT2D eigenvalue weighted by atomic mass is 9.87. The van der Waals surface area contributed by atoms with Gasteiger partial charge in [0.25, 0.3) is 0 Å². The number of rotatable bonds is 7. The van der Waals surface area contributed by atoms with E-state index in [0.29, 0.717) is 0 Å². The van der Waals surface area contributed by atoms with Gasteiger partial charge in [0.15, 0.2) is 0 Å². The molecule has 12 aromatic carbocycles.